The Bertz CT molecular complexity index is 1090. The summed E-state index contributed by atoms with van der Waals surface area (Å²) < 4.78 is 0. The minimum atomic E-state index is -0.624. The summed E-state index contributed by atoms with van der Waals surface area (Å²) in [5.74, 6) is 0.492. The molecule has 0 saturated carbocycles. The van der Waals surface area contributed by atoms with E-state index in [4.69, 9.17) is 23.2 Å². The van der Waals surface area contributed by atoms with E-state index in [0.717, 1.165) is 29.5 Å². The quantitative estimate of drug-likeness (QED) is 0.242. The van der Waals surface area contributed by atoms with E-state index >= 15 is 0 Å². The van der Waals surface area contributed by atoms with Crippen LogP contribution in [-0.4, -0.2) is 35.1 Å². The van der Waals surface area contributed by atoms with Crippen molar-refractivity contribution in [2.24, 2.45) is 0 Å². The summed E-state index contributed by atoms with van der Waals surface area (Å²) in [5, 5.41) is 4.22. The number of hydrogen-bond acceptors (Lipinski definition) is 3. The second-order valence-corrected chi connectivity index (χ2v) is 10.4. The monoisotopic (exact) mass is 542 g/mol. The lowest BCUT2D eigenvalue weighted by Crippen LogP contribution is -2.51. The van der Waals surface area contributed by atoms with Crippen molar-refractivity contribution in [1.82, 2.24) is 10.2 Å². The molecule has 0 radical (unpaired) electrons. The lowest BCUT2D eigenvalue weighted by molar-refractivity contribution is -0.139. The number of carbonyl (C=O) groups is 2. The first-order valence-corrected chi connectivity index (χ1v) is 14.1. The van der Waals surface area contributed by atoms with Gasteiger partial charge < -0.3 is 10.2 Å². The maximum absolute atomic E-state index is 13.6. The number of nitrogens with one attached hydrogen (secondary N) is 1. The largest absolute Gasteiger partial charge is 0.354 e. The van der Waals surface area contributed by atoms with Crippen LogP contribution in [0.5, 0.6) is 0 Å². The molecule has 0 saturated heterocycles. The molecule has 0 heterocycles. The summed E-state index contributed by atoms with van der Waals surface area (Å²) in [7, 11) is 0. The first-order chi connectivity index (χ1) is 17.5. The van der Waals surface area contributed by atoms with Crippen molar-refractivity contribution in [3.05, 3.63) is 106 Å². The molecule has 1 N–H and O–H groups in total. The zero-order valence-corrected chi connectivity index (χ0v) is 22.8. The first-order valence-electron chi connectivity index (χ1n) is 12.1. The number of amides is 2. The summed E-state index contributed by atoms with van der Waals surface area (Å²) in [5.41, 5.74) is 2.80. The van der Waals surface area contributed by atoms with Gasteiger partial charge in [-0.15, -0.1) is 11.8 Å². The molecule has 36 heavy (non-hydrogen) atoms. The highest BCUT2D eigenvalue weighted by Gasteiger charge is 2.30. The summed E-state index contributed by atoms with van der Waals surface area (Å²) in [6.45, 7) is 3.03. The number of unbranched alkanes of at least 4 members (excludes halogenated alkanes) is 1. The second kappa shape index (κ2) is 14.9. The number of carbonyl (C=O) groups excluding carboxylic acids is 2. The molecule has 0 unspecified atom stereocenters. The number of thioether (sulfide) groups is 1. The van der Waals surface area contributed by atoms with Gasteiger partial charge in [0.25, 0.3) is 0 Å². The maximum atomic E-state index is 13.6. The molecule has 0 bridgehead atoms. The molecule has 3 aromatic rings. The lowest BCUT2D eigenvalue weighted by atomic mass is 10.0. The average molecular weight is 544 g/mol. The number of benzene rings is 3. The van der Waals surface area contributed by atoms with E-state index in [9.17, 15) is 9.59 Å². The molecule has 2 amide bonds. The summed E-state index contributed by atoms with van der Waals surface area (Å²) in [4.78, 5) is 28.7. The maximum Gasteiger partial charge on any atom is 0.243 e. The Hall–Kier alpha value is -2.47. The third-order valence-electron chi connectivity index (χ3n) is 5.83. The minimum Gasteiger partial charge on any atom is -0.354 e. The number of nitrogens with zero attached hydrogens (tertiary/aromatic N) is 1. The van der Waals surface area contributed by atoms with Gasteiger partial charge in [-0.25, -0.2) is 0 Å². The van der Waals surface area contributed by atoms with Gasteiger partial charge in [-0.3, -0.25) is 9.59 Å². The van der Waals surface area contributed by atoms with Crippen molar-refractivity contribution < 1.29 is 9.59 Å². The number of rotatable bonds is 13. The van der Waals surface area contributed by atoms with Crippen LogP contribution in [0.25, 0.3) is 0 Å². The Labute approximate surface area is 228 Å². The minimum absolute atomic E-state index is 0.0985. The van der Waals surface area contributed by atoms with E-state index in [1.165, 1.54) is 11.8 Å². The number of halogens is 2. The van der Waals surface area contributed by atoms with Crippen LogP contribution in [-0.2, 0) is 28.3 Å². The van der Waals surface area contributed by atoms with Crippen LogP contribution in [0.2, 0.25) is 10.0 Å². The van der Waals surface area contributed by atoms with Gasteiger partial charge in [0.15, 0.2) is 0 Å². The SMILES string of the molecule is CCCCNC(=O)[C@@H](Cc1ccccc1)N(Cc1ccccc1)C(=O)CSCc1c(Cl)cccc1Cl. The number of hydrogen-bond donors (Lipinski definition) is 1. The van der Waals surface area contributed by atoms with Gasteiger partial charge in [0.1, 0.15) is 6.04 Å². The van der Waals surface area contributed by atoms with Gasteiger partial charge in [-0.1, -0.05) is 103 Å². The van der Waals surface area contributed by atoms with Gasteiger partial charge in [0, 0.05) is 35.3 Å². The highest BCUT2D eigenvalue weighted by Crippen LogP contribution is 2.28. The Morgan fingerprint density at radius 3 is 2.11 bits per heavy atom. The Balaban J connectivity index is 1.82. The van der Waals surface area contributed by atoms with Crippen LogP contribution in [0.15, 0.2) is 78.9 Å². The van der Waals surface area contributed by atoms with E-state index in [1.54, 1.807) is 23.1 Å². The fraction of sp³-hybridized carbons (Fsp3) is 0.310. The molecular formula is C29H32Cl2N2O2S. The van der Waals surface area contributed by atoms with Crippen molar-refractivity contribution in [2.45, 2.75) is 44.5 Å². The molecule has 190 valence electrons. The molecule has 4 nitrogen and oxygen atoms in total. The van der Waals surface area contributed by atoms with Crippen LogP contribution in [0.4, 0.5) is 0 Å². The highest BCUT2D eigenvalue weighted by molar-refractivity contribution is 7.99. The molecule has 3 aromatic carbocycles. The van der Waals surface area contributed by atoms with E-state index in [2.05, 4.69) is 12.2 Å². The molecule has 0 aliphatic carbocycles. The van der Waals surface area contributed by atoms with Gasteiger partial charge in [-0.05, 0) is 35.2 Å². The average Bonchev–Trinajstić information content (AvgIpc) is 2.89. The highest BCUT2D eigenvalue weighted by atomic mass is 35.5. The van der Waals surface area contributed by atoms with Crippen molar-refractivity contribution in [1.29, 1.82) is 0 Å². The van der Waals surface area contributed by atoms with Gasteiger partial charge >= 0.3 is 0 Å². The van der Waals surface area contributed by atoms with Gasteiger partial charge in [0.2, 0.25) is 11.8 Å². The van der Waals surface area contributed by atoms with Crippen LogP contribution in [0, 0.1) is 0 Å². The van der Waals surface area contributed by atoms with Crippen LogP contribution < -0.4 is 5.32 Å². The molecule has 0 aromatic heterocycles. The second-order valence-electron chi connectivity index (χ2n) is 8.55. The topological polar surface area (TPSA) is 49.4 Å². The zero-order chi connectivity index (χ0) is 25.8. The van der Waals surface area contributed by atoms with Crippen LogP contribution in [0.1, 0.15) is 36.5 Å². The van der Waals surface area contributed by atoms with Crippen molar-refractivity contribution >= 4 is 46.8 Å². The molecular weight excluding hydrogens is 511 g/mol. The fourth-order valence-electron chi connectivity index (χ4n) is 3.83. The summed E-state index contributed by atoms with van der Waals surface area (Å²) in [6, 6.07) is 24.4. The first kappa shape index (κ1) is 28.1. The zero-order valence-electron chi connectivity index (χ0n) is 20.5. The van der Waals surface area contributed by atoms with E-state index < -0.39 is 6.04 Å². The Morgan fingerprint density at radius 1 is 0.889 bits per heavy atom. The van der Waals surface area contributed by atoms with Gasteiger partial charge in [0.05, 0.1) is 5.75 Å². The predicted octanol–water partition coefficient (Wildman–Crippen LogP) is 6.78. The van der Waals surface area contributed by atoms with Gasteiger partial charge in [-0.2, -0.15) is 0 Å². The van der Waals surface area contributed by atoms with Crippen LogP contribution >= 0.6 is 35.0 Å². The van der Waals surface area contributed by atoms with Crippen molar-refractivity contribution in [3.8, 4) is 0 Å². The molecule has 1 atom stereocenters. The van der Waals surface area contributed by atoms with E-state index in [1.807, 2.05) is 60.7 Å². The van der Waals surface area contributed by atoms with Crippen LogP contribution in [0.3, 0.4) is 0 Å². The molecule has 0 fully saturated rings. The normalized spacial score (nSPS) is 11.6. The fourth-order valence-corrected chi connectivity index (χ4v) is 5.48. The summed E-state index contributed by atoms with van der Waals surface area (Å²) >= 11 is 14.1. The molecule has 3 rings (SSSR count). The lowest BCUT2D eigenvalue weighted by Gasteiger charge is -2.31. The Morgan fingerprint density at radius 2 is 1.50 bits per heavy atom. The standard InChI is InChI=1S/C29H32Cl2N2O2S/c1-2-3-17-32-29(35)27(18-22-11-6-4-7-12-22)33(19-23-13-8-5-9-14-23)28(34)21-36-20-24-25(30)15-10-16-26(24)31/h4-16,27H,2-3,17-21H2,1H3,(H,32,35)/t27-/m1/s1. The smallest absolute Gasteiger partial charge is 0.243 e. The van der Waals surface area contributed by atoms with E-state index in [0.29, 0.717) is 35.3 Å². The Kier molecular flexibility index (Phi) is 11.7. The molecule has 0 aliphatic rings. The third kappa shape index (κ3) is 8.58. The van der Waals surface area contributed by atoms with E-state index in [-0.39, 0.29) is 17.6 Å². The van der Waals surface area contributed by atoms with Crippen molar-refractivity contribution in [2.75, 3.05) is 12.3 Å². The predicted molar refractivity (Wildman–Crippen MR) is 151 cm³/mol. The van der Waals surface area contributed by atoms with Crippen molar-refractivity contribution in [3.63, 3.8) is 0 Å². The molecule has 0 aliphatic heterocycles. The molecule has 0 spiro atoms. The third-order valence-corrected chi connectivity index (χ3v) is 7.48. The molecule has 7 heteroatoms. The summed E-state index contributed by atoms with van der Waals surface area (Å²) in [6.07, 6.45) is 2.32.